The Morgan fingerprint density at radius 2 is 1.82 bits per heavy atom. The molecule has 0 aliphatic carbocycles. The molecule has 5 rings (SSSR count). The van der Waals surface area contributed by atoms with Crippen LogP contribution < -0.4 is 9.64 Å². The highest BCUT2D eigenvalue weighted by molar-refractivity contribution is 7.17. The van der Waals surface area contributed by atoms with Gasteiger partial charge in [-0.05, 0) is 35.9 Å². The number of piperazine rings is 1. The lowest BCUT2D eigenvalue weighted by atomic mass is 10.0. The molecule has 2 aromatic heterocycles. The van der Waals surface area contributed by atoms with Gasteiger partial charge in [-0.3, -0.25) is 4.90 Å². The predicted molar refractivity (Wildman–Crippen MR) is 132 cm³/mol. The van der Waals surface area contributed by atoms with E-state index in [4.69, 9.17) is 16.3 Å². The van der Waals surface area contributed by atoms with Gasteiger partial charge in [-0.15, -0.1) is 5.10 Å². The first kappa shape index (κ1) is 22.0. The molecule has 172 valence electrons. The van der Waals surface area contributed by atoms with Crippen molar-refractivity contribution in [3.8, 4) is 11.6 Å². The normalized spacial score (nSPS) is 15.8. The fraction of sp³-hybridized carbons (Fsp3) is 0.333. The number of aryl methyl sites for hydroxylation is 1. The lowest BCUT2D eigenvalue weighted by Gasteiger charge is -2.40. The van der Waals surface area contributed by atoms with Crippen LogP contribution in [0.2, 0.25) is 5.02 Å². The van der Waals surface area contributed by atoms with Crippen LogP contribution in [0.4, 0.5) is 5.69 Å². The summed E-state index contributed by atoms with van der Waals surface area (Å²) in [6.45, 7) is 5.40. The number of nitrogens with zero attached hydrogens (tertiary/aromatic N) is 5. The Kier molecular flexibility index (Phi) is 6.14. The van der Waals surface area contributed by atoms with Crippen molar-refractivity contribution in [2.75, 3.05) is 38.2 Å². The largest absolute Gasteiger partial charge is 0.497 e. The molecule has 1 fully saturated rings. The van der Waals surface area contributed by atoms with E-state index in [0.717, 1.165) is 54.6 Å². The molecule has 0 spiro atoms. The summed E-state index contributed by atoms with van der Waals surface area (Å²) < 4.78 is 6.84. The van der Waals surface area contributed by atoms with E-state index in [-0.39, 0.29) is 11.9 Å². The number of aromatic hydroxyl groups is 1. The predicted octanol–water partition coefficient (Wildman–Crippen LogP) is 4.63. The average Bonchev–Trinajstić information content (AvgIpc) is 3.40. The van der Waals surface area contributed by atoms with Gasteiger partial charge in [0.15, 0.2) is 5.82 Å². The van der Waals surface area contributed by atoms with Crippen molar-refractivity contribution in [1.82, 2.24) is 19.5 Å². The number of aromatic nitrogens is 3. The molecule has 1 aliphatic rings. The summed E-state index contributed by atoms with van der Waals surface area (Å²) in [6, 6.07) is 15.9. The third-order valence-corrected chi connectivity index (χ3v) is 7.54. The van der Waals surface area contributed by atoms with Crippen LogP contribution in [0.25, 0.3) is 4.96 Å². The van der Waals surface area contributed by atoms with Crippen molar-refractivity contribution in [3.63, 3.8) is 0 Å². The third-order valence-electron chi connectivity index (χ3n) is 6.12. The Morgan fingerprint density at radius 3 is 2.45 bits per heavy atom. The van der Waals surface area contributed by atoms with Gasteiger partial charge in [0, 0.05) is 43.3 Å². The van der Waals surface area contributed by atoms with Crippen LogP contribution in [0.3, 0.4) is 0 Å². The molecule has 2 aromatic carbocycles. The molecule has 3 heterocycles. The number of methoxy groups -OCH3 is 1. The van der Waals surface area contributed by atoms with Crippen LogP contribution in [-0.2, 0) is 6.42 Å². The van der Waals surface area contributed by atoms with Crippen molar-refractivity contribution < 1.29 is 9.84 Å². The van der Waals surface area contributed by atoms with Crippen LogP contribution in [0, 0.1) is 0 Å². The zero-order chi connectivity index (χ0) is 22.9. The monoisotopic (exact) mass is 483 g/mol. The van der Waals surface area contributed by atoms with Crippen molar-refractivity contribution in [3.05, 3.63) is 69.8 Å². The summed E-state index contributed by atoms with van der Waals surface area (Å²) in [5.74, 6) is 1.73. The number of fused-ring (bicyclic) bond motifs is 1. The van der Waals surface area contributed by atoms with Gasteiger partial charge in [0.25, 0.3) is 0 Å². The van der Waals surface area contributed by atoms with E-state index in [2.05, 4.69) is 32.0 Å². The van der Waals surface area contributed by atoms with Crippen LogP contribution in [0.1, 0.15) is 29.2 Å². The smallest absolute Gasteiger partial charge is 0.230 e. The van der Waals surface area contributed by atoms with Gasteiger partial charge in [0.1, 0.15) is 5.75 Å². The van der Waals surface area contributed by atoms with E-state index in [0.29, 0.717) is 9.98 Å². The highest BCUT2D eigenvalue weighted by Crippen LogP contribution is 2.42. The number of hydrogen-bond donors (Lipinski definition) is 1. The Balaban J connectivity index is 1.45. The number of rotatable bonds is 6. The maximum absolute atomic E-state index is 11.1. The van der Waals surface area contributed by atoms with E-state index in [1.165, 1.54) is 17.0 Å². The zero-order valence-electron chi connectivity index (χ0n) is 18.6. The van der Waals surface area contributed by atoms with Gasteiger partial charge in [0.05, 0.1) is 18.0 Å². The van der Waals surface area contributed by atoms with E-state index in [9.17, 15) is 5.11 Å². The molecule has 0 amide bonds. The number of thiazole rings is 1. The van der Waals surface area contributed by atoms with E-state index < -0.39 is 0 Å². The second-order valence-electron chi connectivity index (χ2n) is 8.01. The van der Waals surface area contributed by atoms with Crippen LogP contribution in [-0.4, -0.2) is 57.9 Å². The maximum atomic E-state index is 11.1. The molecular weight excluding hydrogens is 458 g/mol. The minimum Gasteiger partial charge on any atom is -0.497 e. The second-order valence-corrected chi connectivity index (χ2v) is 9.43. The summed E-state index contributed by atoms with van der Waals surface area (Å²) in [6.07, 6.45) is 0.727. The fourth-order valence-corrected chi connectivity index (χ4v) is 5.72. The van der Waals surface area contributed by atoms with Crippen LogP contribution >= 0.6 is 22.9 Å². The molecule has 0 saturated carbocycles. The summed E-state index contributed by atoms with van der Waals surface area (Å²) in [5, 5.41) is 16.3. The van der Waals surface area contributed by atoms with Gasteiger partial charge in [-0.1, -0.05) is 48.1 Å². The summed E-state index contributed by atoms with van der Waals surface area (Å²) in [5.41, 5.74) is 2.16. The molecule has 0 radical (unpaired) electrons. The molecule has 1 aliphatic heterocycles. The molecule has 9 heteroatoms. The number of ether oxygens (including phenoxy) is 1. The molecule has 7 nitrogen and oxygen atoms in total. The lowest BCUT2D eigenvalue weighted by molar-refractivity contribution is 0.211. The molecule has 0 bridgehead atoms. The molecule has 33 heavy (non-hydrogen) atoms. The Labute approximate surface area is 201 Å². The van der Waals surface area contributed by atoms with Gasteiger partial charge >= 0.3 is 0 Å². The van der Waals surface area contributed by atoms with Gasteiger partial charge < -0.3 is 14.7 Å². The SMILES string of the molecule is CCc1nc2sc([C@H](c3ccccc3Cl)N3CCN(c4ccc(OC)cc4)CC3)c(O)n2n1. The molecular formula is C24H26ClN5O2S. The summed E-state index contributed by atoms with van der Waals surface area (Å²) in [4.78, 5) is 10.8. The maximum Gasteiger partial charge on any atom is 0.230 e. The fourth-order valence-electron chi connectivity index (χ4n) is 4.35. The first-order chi connectivity index (χ1) is 16.1. The number of halogens is 1. The zero-order valence-corrected chi connectivity index (χ0v) is 20.2. The van der Waals surface area contributed by atoms with Crippen molar-refractivity contribution in [2.45, 2.75) is 19.4 Å². The molecule has 0 unspecified atom stereocenters. The van der Waals surface area contributed by atoms with Crippen LogP contribution in [0.15, 0.2) is 48.5 Å². The van der Waals surface area contributed by atoms with Crippen molar-refractivity contribution in [2.24, 2.45) is 0 Å². The van der Waals surface area contributed by atoms with Crippen molar-refractivity contribution in [1.29, 1.82) is 0 Å². The lowest BCUT2D eigenvalue weighted by Crippen LogP contribution is -2.47. The topological polar surface area (TPSA) is 66.1 Å². The quantitative estimate of drug-likeness (QED) is 0.431. The van der Waals surface area contributed by atoms with Crippen molar-refractivity contribution >= 4 is 33.6 Å². The first-order valence-corrected chi connectivity index (χ1v) is 12.2. The van der Waals surface area contributed by atoms with Gasteiger partial charge in [0.2, 0.25) is 10.8 Å². The van der Waals surface area contributed by atoms with E-state index in [1.54, 1.807) is 11.6 Å². The van der Waals surface area contributed by atoms with E-state index >= 15 is 0 Å². The summed E-state index contributed by atoms with van der Waals surface area (Å²) >= 11 is 8.13. The highest BCUT2D eigenvalue weighted by Gasteiger charge is 2.33. The minimum absolute atomic E-state index is 0.143. The number of anilines is 1. The molecule has 4 aromatic rings. The third kappa shape index (κ3) is 4.14. The van der Waals surface area contributed by atoms with E-state index in [1.807, 2.05) is 43.3 Å². The average molecular weight is 484 g/mol. The van der Waals surface area contributed by atoms with Gasteiger partial charge in [-0.25, -0.2) is 4.98 Å². The number of hydrogen-bond acceptors (Lipinski definition) is 7. The highest BCUT2D eigenvalue weighted by atomic mass is 35.5. The molecule has 1 N–H and O–H groups in total. The Morgan fingerprint density at radius 1 is 1.09 bits per heavy atom. The molecule has 1 atom stereocenters. The Hall–Kier alpha value is -2.81. The first-order valence-electron chi connectivity index (χ1n) is 11.0. The van der Waals surface area contributed by atoms with Gasteiger partial charge in [-0.2, -0.15) is 4.52 Å². The second kappa shape index (κ2) is 9.21. The summed E-state index contributed by atoms with van der Waals surface area (Å²) in [7, 11) is 1.68. The number of benzene rings is 2. The Bertz CT molecular complexity index is 1250. The van der Waals surface area contributed by atoms with Crippen LogP contribution in [0.5, 0.6) is 11.6 Å². The standard InChI is InChI=1S/C24H26ClN5O2S/c1-3-20-26-24-30(27-20)23(31)22(33-24)21(18-6-4-5-7-19(18)25)29-14-12-28(13-15-29)16-8-10-17(32-2)11-9-16/h4-11,21,31H,3,12-15H2,1-2H3/t21-/m0/s1. The molecule has 1 saturated heterocycles. The minimum atomic E-state index is -0.171.